The molecule has 0 saturated carbocycles. The van der Waals surface area contributed by atoms with Crippen molar-refractivity contribution in [1.29, 1.82) is 0 Å². The topological polar surface area (TPSA) is 103 Å². The van der Waals surface area contributed by atoms with E-state index in [1.165, 1.54) is 38.6 Å². The minimum atomic E-state index is -0.656. The number of carbonyl (C=O) groups is 3. The Bertz CT molecular complexity index is 907. The molecular weight excluding hydrogens is 364 g/mol. The zero-order valence-electron chi connectivity index (χ0n) is 15.6. The molecule has 0 bridgehead atoms. The van der Waals surface area contributed by atoms with Crippen molar-refractivity contribution in [3.63, 3.8) is 0 Å². The molecule has 2 amide bonds. The van der Waals surface area contributed by atoms with Gasteiger partial charge >= 0.3 is 18.0 Å². The van der Waals surface area contributed by atoms with Crippen LogP contribution in [0.3, 0.4) is 0 Å². The lowest BCUT2D eigenvalue weighted by atomic mass is 10.1. The van der Waals surface area contributed by atoms with Gasteiger partial charge in [-0.05, 0) is 30.3 Å². The summed E-state index contributed by atoms with van der Waals surface area (Å²) < 4.78 is 14.6. The highest BCUT2D eigenvalue weighted by Gasteiger charge is 2.17. The van der Waals surface area contributed by atoms with Crippen LogP contribution in [-0.2, 0) is 9.47 Å². The van der Waals surface area contributed by atoms with Crippen LogP contribution in [0.25, 0.3) is 6.08 Å². The second-order valence-corrected chi connectivity index (χ2v) is 5.42. The lowest BCUT2D eigenvalue weighted by Crippen LogP contribution is -2.25. The van der Waals surface area contributed by atoms with Crippen LogP contribution in [0.15, 0.2) is 48.7 Å². The van der Waals surface area contributed by atoms with E-state index in [0.717, 1.165) is 5.56 Å². The van der Waals surface area contributed by atoms with Crippen molar-refractivity contribution in [3.8, 4) is 5.75 Å². The first-order valence-corrected chi connectivity index (χ1v) is 8.18. The molecule has 0 spiro atoms. The van der Waals surface area contributed by atoms with E-state index in [2.05, 4.69) is 15.4 Å². The summed E-state index contributed by atoms with van der Waals surface area (Å²) in [6, 6.07) is 10.8. The van der Waals surface area contributed by atoms with E-state index in [-0.39, 0.29) is 16.8 Å². The first-order chi connectivity index (χ1) is 13.5. The van der Waals surface area contributed by atoms with Crippen LogP contribution < -0.4 is 15.4 Å². The summed E-state index contributed by atoms with van der Waals surface area (Å²) in [5, 5.41) is 5.04. The minimum absolute atomic E-state index is 0.0963. The molecule has 8 nitrogen and oxygen atoms in total. The highest BCUT2D eigenvalue weighted by molar-refractivity contribution is 6.03. The van der Waals surface area contributed by atoms with Crippen LogP contribution in [0.2, 0.25) is 0 Å². The maximum absolute atomic E-state index is 12.2. The summed E-state index contributed by atoms with van der Waals surface area (Å²) in [4.78, 5) is 35.8. The number of esters is 2. The van der Waals surface area contributed by atoms with Crippen LogP contribution in [-0.4, -0.2) is 39.3 Å². The number of benzene rings is 2. The van der Waals surface area contributed by atoms with Crippen LogP contribution >= 0.6 is 0 Å². The van der Waals surface area contributed by atoms with Gasteiger partial charge in [0.2, 0.25) is 0 Å². The SMILES string of the molecule is COC(=O)c1ccc(C(=O)OC)c(NC(=O)N/C=C/c2ccccc2OC)c1. The van der Waals surface area contributed by atoms with E-state index in [1.54, 1.807) is 19.3 Å². The Morgan fingerprint density at radius 1 is 0.929 bits per heavy atom. The molecule has 2 aromatic carbocycles. The smallest absolute Gasteiger partial charge is 0.339 e. The molecule has 0 fully saturated rings. The molecule has 0 aromatic heterocycles. The molecule has 0 atom stereocenters. The summed E-state index contributed by atoms with van der Waals surface area (Å²) in [5.41, 5.74) is 1.15. The van der Waals surface area contributed by atoms with E-state index in [0.29, 0.717) is 5.75 Å². The number of hydrogen-bond donors (Lipinski definition) is 2. The molecule has 2 aromatic rings. The third-order valence-electron chi connectivity index (χ3n) is 3.71. The maximum atomic E-state index is 12.2. The summed E-state index contributed by atoms with van der Waals surface area (Å²) in [5.74, 6) is -0.605. The van der Waals surface area contributed by atoms with E-state index >= 15 is 0 Å². The molecule has 8 heteroatoms. The number of rotatable bonds is 6. The Balaban J connectivity index is 2.16. The summed E-state index contributed by atoms with van der Waals surface area (Å²) in [6.45, 7) is 0. The van der Waals surface area contributed by atoms with Crippen molar-refractivity contribution in [3.05, 3.63) is 65.4 Å². The second kappa shape index (κ2) is 9.77. The Labute approximate surface area is 162 Å². The van der Waals surface area contributed by atoms with Gasteiger partial charge in [-0.25, -0.2) is 14.4 Å². The van der Waals surface area contributed by atoms with Gasteiger partial charge in [-0.1, -0.05) is 18.2 Å². The highest BCUT2D eigenvalue weighted by atomic mass is 16.5. The number of methoxy groups -OCH3 is 3. The molecular formula is C20H20N2O6. The maximum Gasteiger partial charge on any atom is 0.339 e. The van der Waals surface area contributed by atoms with Crippen molar-refractivity contribution in [1.82, 2.24) is 5.32 Å². The fourth-order valence-corrected chi connectivity index (χ4v) is 2.35. The van der Waals surface area contributed by atoms with Gasteiger partial charge in [0.1, 0.15) is 5.75 Å². The lowest BCUT2D eigenvalue weighted by Gasteiger charge is -2.11. The fraction of sp³-hybridized carbons (Fsp3) is 0.150. The van der Waals surface area contributed by atoms with E-state index in [4.69, 9.17) is 9.47 Å². The average molecular weight is 384 g/mol. The van der Waals surface area contributed by atoms with Crippen molar-refractivity contribution < 1.29 is 28.6 Å². The quantitative estimate of drug-likeness (QED) is 0.742. The zero-order valence-corrected chi connectivity index (χ0v) is 15.6. The number of hydrogen-bond acceptors (Lipinski definition) is 6. The van der Waals surface area contributed by atoms with Gasteiger partial charge < -0.3 is 24.8 Å². The largest absolute Gasteiger partial charge is 0.496 e. The Morgan fingerprint density at radius 3 is 2.32 bits per heavy atom. The van der Waals surface area contributed by atoms with Gasteiger partial charge in [0.25, 0.3) is 0 Å². The number of amides is 2. The van der Waals surface area contributed by atoms with Crippen molar-refractivity contribution in [2.24, 2.45) is 0 Å². The predicted octanol–water partition coefficient (Wildman–Crippen LogP) is 3.06. The minimum Gasteiger partial charge on any atom is -0.496 e. The molecule has 0 aliphatic carbocycles. The standard InChI is InChI=1S/C20H20N2O6/c1-26-17-7-5-4-6-13(17)10-11-21-20(25)22-16-12-14(18(23)27-2)8-9-15(16)19(24)28-3/h4-12H,1-3H3,(H2,21,22,25)/b11-10+. The molecule has 0 unspecified atom stereocenters. The van der Waals surface area contributed by atoms with Gasteiger partial charge in [0.15, 0.2) is 0 Å². The summed E-state index contributed by atoms with van der Waals surface area (Å²) in [7, 11) is 4.00. The van der Waals surface area contributed by atoms with Gasteiger partial charge in [-0.15, -0.1) is 0 Å². The number of nitrogens with one attached hydrogen (secondary N) is 2. The average Bonchev–Trinajstić information content (AvgIpc) is 2.72. The van der Waals surface area contributed by atoms with Gasteiger partial charge in [-0.2, -0.15) is 0 Å². The van der Waals surface area contributed by atoms with Crippen molar-refractivity contribution >= 4 is 29.7 Å². The normalized spacial score (nSPS) is 10.2. The first kappa shape index (κ1) is 20.5. The molecule has 0 saturated heterocycles. The molecule has 0 aliphatic heterocycles. The van der Waals surface area contributed by atoms with E-state index < -0.39 is 18.0 Å². The molecule has 0 aliphatic rings. The number of carbonyl (C=O) groups excluding carboxylic acids is 3. The number of anilines is 1. The lowest BCUT2D eigenvalue weighted by molar-refractivity contribution is 0.0587. The van der Waals surface area contributed by atoms with Crippen LogP contribution in [0.1, 0.15) is 26.3 Å². The first-order valence-electron chi connectivity index (χ1n) is 8.18. The molecule has 0 radical (unpaired) electrons. The van der Waals surface area contributed by atoms with E-state index in [1.807, 2.05) is 18.2 Å². The highest BCUT2D eigenvalue weighted by Crippen LogP contribution is 2.20. The van der Waals surface area contributed by atoms with Gasteiger partial charge in [0, 0.05) is 11.8 Å². The van der Waals surface area contributed by atoms with Crippen molar-refractivity contribution in [2.45, 2.75) is 0 Å². The Kier molecular flexibility index (Phi) is 7.15. The predicted molar refractivity (Wildman–Crippen MR) is 103 cm³/mol. The van der Waals surface area contributed by atoms with Crippen molar-refractivity contribution in [2.75, 3.05) is 26.6 Å². The molecule has 146 valence electrons. The third kappa shape index (κ3) is 5.10. The number of urea groups is 1. The fourth-order valence-electron chi connectivity index (χ4n) is 2.35. The third-order valence-corrected chi connectivity index (χ3v) is 3.71. The van der Waals surface area contributed by atoms with Gasteiger partial charge in [-0.3, -0.25) is 0 Å². The number of para-hydroxylation sites is 1. The molecule has 28 heavy (non-hydrogen) atoms. The molecule has 2 rings (SSSR count). The second-order valence-electron chi connectivity index (χ2n) is 5.42. The monoisotopic (exact) mass is 384 g/mol. The van der Waals surface area contributed by atoms with Crippen LogP contribution in [0.5, 0.6) is 5.75 Å². The molecule has 0 heterocycles. The van der Waals surface area contributed by atoms with E-state index in [9.17, 15) is 14.4 Å². The summed E-state index contributed by atoms with van der Waals surface area (Å²) in [6.07, 6.45) is 3.08. The molecule has 2 N–H and O–H groups in total. The Hall–Kier alpha value is -3.81. The Morgan fingerprint density at radius 2 is 1.64 bits per heavy atom. The zero-order chi connectivity index (χ0) is 20.5. The summed E-state index contributed by atoms with van der Waals surface area (Å²) >= 11 is 0. The van der Waals surface area contributed by atoms with Crippen LogP contribution in [0.4, 0.5) is 10.5 Å². The van der Waals surface area contributed by atoms with Gasteiger partial charge in [0.05, 0.1) is 38.1 Å². The number of ether oxygens (including phenoxy) is 3. The van der Waals surface area contributed by atoms with Crippen LogP contribution in [0, 0.1) is 0 Å².